The Kier molecular flexibility index (Phi) is 12.3. The van der Waals surface area contributed by atoms with Crippen molar-refractivity contribution in [2.45, 2.75) is 85.0 Å². The summed E-state index contributed by atoms with van der Waals surface area (Å²) in [4.78, 5) is 42.0. The molecule has 3 aliphatic rings. The minimum absolute atomic E-state index is 0.0247. The first-order valence-electron chi connectivity index (χ1n) is 14.9. The second-order valence-electron chi connectivity index (χ2n) is 11.6. The second-order valence-corrected chi connectivity index (χ2v) is 11.6. The molecule has 0 radical (unpaired) electrons. The summed E-state index contributed by atoms with van der Waals surface area (Å²) in [5.41, 5.74) is 2.47. The van der Waals surface area contributed by atoms with Crippen molar-refractivity contribution in [2.24, 2.45) is 11.8 Å². The lowest BCUT2D eigenvalue weighted by molar-refractivity contribution is -0.120. The van der Waals surface area contributed by atoms with Crippen LogP contribution in [0, 0.1) is 11.8 Å². The predicted molar refractivity (Wildman–Crippen MR) is 160 cm³/mol. The molecule has 0 aromatic carbocycles. The summed E-state index contributed by atoms with van der Waals surface area (Å²) in [6.07, 6.45) is 12.0. The van der Waals surface area contributed by atoms with Gasteiger partial charge in [-0.2, -0.15) is 0 Å². The monoisotopic (exact) mass is 568 g/mol. The smallest absolute Gasteiger partial charge is 0.251 e. The molecule has 1 saturated heterocycles. The van der Waals surface area contributed by atoms with E-state index in [1.807, 2.05) is 11.0 Å². The molecular weight excluding hydrogens is 520 g/mol. The Bertz CT molecular complexity index is 1130. The maximum Gasteiger partial charge on any atom is 0.251 e. The molecule has 8 nitrogen and oxygen atoms in total. The van der Waals surface area contributed by atoms with Crippen LogP contribution < -0.4 is 5.32 Å². The number of ether oxygens (including phenoxy) is 3. The van der Waals surface area contributed by atoms with Crippen molar-refractivity contribution in [3.8, 4) is 0 Å². The van der Waals surface area contributed by atoms with Crippen LogP contribution in [0.3, 0.4) is 0 Å². The molecule has 1 fully saturated rings. The van der Waals surface area contributed by atoms with Gasteiger partial charge in [0.2, 0.25) is 11.6 Å². The highest BCUT2D eigenvalue weighted by molar-refractivity contribution is 6.23. The highest BCUT2D eigenvalue weighted by Crippen LogP contribution is 2.32. The number of allylic oxidation sites excluding steroid dienone is 5. The SMILES string of the molecule is CCCO[C@H]1/C(C)=C/[C@H](C)CC(OC)C[C@H](C)CC2=C(N3CCC3)C(=O)C=C(NC(=O)/C(C)=C/C=C\[C@@H]1OC)C2=O. The Labute approximate surface area is 245 Å². The van der Waals surface area contributed by atoms with Gasteiger partial charge in [-0.05, 0) is 63.4 Å². The fraction of sp³-hybridized carbons (Fsp3) is 0.606. The second kappa shape index (κ2) is 15.4. The molecule has 1 aliphatic carbocycles. The van der Waals surface area contributed by atoms with E-state index in [-0.39, 0.29) is 47.4 Å². The third-order valence-corrected chi connectivity index (χ3v) is 7.99. The van der Waals surface area contributed by atoms with Gasteiger partial charge in [-0.1, -0.05) is 45.1 Å². The number of Topliss-reactive ketones (excluding diaryl/α,β-unsaturated/α-hetero) is 1. The number of hydrogen-bond acceptors (Lipinski definition) is 7. The maximum absolute atomic E-state index is 13.7. The van der Waals surface area contributed by atoms with Crippen molar-refractivity contribution in [1.82, 2.24) is 10.2 Å². The van der Waals surface area contributed by atoms with Gasteiger partial charge in [-0.15, -0.1) is 0 Å². The molecule has 2 aliphatic heterocycles. The van der Waals surface area contributed by atoms with E-state index >= 15 is 0 Å². The molecule has 5 atom stereocenters. The van der Waals surface area contributed by atoms with Crippen LogP contribution >= 0.6 is 0 Å². The molecule has 0 aromatic heterocycles. The zero-order valence-corrected chi connectivity index (χ0v) is 25.8. The Morgan fingerprint density at radius 3 is 2.39 bits per heavy atom. The molecule has 3 rings (SSSR count). The number of fused-ring (bicyclic) bond motifs is 2. The lowest BCUT2D eigenvalue weighted by atomic mass is 9.85. The van der Waals surface area contributed by atoms with Crippen LogP contribution in [0.2, 0.25) is 0 Å². The summed E-state index contributed by atoms with van der Waals surface area (Å²) in [6, 6.07) is 0. The molecule has 0 spiro atoms. The van der Waals surface area contributed by atoms with E-state index in [2.05, 4.69) is 39.1 Å². The minimum Gasteiger partial charge on any atom is -0.381 e. The molecule has 2 bridgehead atoms. The number of nitrogens with one attached hydrogen (secondary N) is 1. The number of hydrogen-bond donors (Lipinski definition) is 1. The number of carbonyl (C=O) groups excluding carboxylic acids is 3. The van der Waals surface area contributed by atoms with Crippen molar-refractivity contribution in [3.05, 3.63) is 58.5 Å². The van der Waals surface area contributed by atoms with Gasteiger partial charge in [0.25, 0.3) is 5.91 Å². The number of carbonyl (C=O) groups is 3. The van der Waals surface area contributed by atoms with Crippen molar-refractivity contribution >= 4 is 17.5 Å². The van der Waals surface area contributed by atoms with E-state index in [9.17, 15) is 14.4 Å². The molecule has 0 saturated carbocycles. The molecule has 41 heavy (non-hydrogen) atoms. The van der Waals surface area contributed by atoms with Crippen LogP contribution in [-0.4, -0.2) is 74.6 Å². The summed E-state index contributed by atoms with van der Waals surface area (Å²) < 4.78 is 17.9. The minimum atomic E-state index is -0.433. The highest BCUT2D eigenvalue weighted by Gasteiger charge is 2.35. The molecule has 8 heteroatoms. The van der Waals surface area contributed by atoms with Crippen molar-refractivity contribution < 1.29 is 28.6 Å². The van der Waals surface area contributed by atoms with E-state index in [4.69, 9.17) is 14.2 Å². The number of amides is 1. The normalized spacial score (nSPS) is 32.4. The molecule has 0 aromatic rings. The number of nitrogens with zero attached hydrogens (tertiary/aromatic N) is 1. The van der Waals surface area contributed by atoms with Crippen LogP contribution in [0.15, 0.2) is 58.5 Å². The zero-order valence-electron chi connectivity index (χ0n) is 25.8. The van der Waals surface area contributed by atoms with Crippen LogP contribution in [0.25, 0.3) is 0 Å². The standard InChI is InChI=1S/C33H48N2O6/c1-8-15-41-32-24(5)16-21(2)17-25(39-6)18-22(3)19-26-30(35-13-10-14-35)28(36)20-27(31(26)37)34-33(38)23(4)11-9-12-29(32)40-7/h9,11-12,16,20-22,25,29,32H,8,10,13-15,17-19H2,1-7H3,(H,34,38)/b12-9-,23-11+,24-16+/t21-,22-,25?,29-,32-/m0/s1. The van der Waals surface area contributed by atoms with Crippen molar-refractivity contribution in [1.29, 1.82) is 0 Å². The van der Waals surface area contributed by atoms with E-state index in [0.717, 1.165) is 44.3 Å². The van der Waals surface area contributed by atoms with Crippen LogP contribution in [0.4, 0.5) is 0 Å². The van der Waals surface area contributed by atoms with Gasteiger partial charge >= 0.3 is 0 Å². The third-order valence-electron chi connectivity index (χ3n) is 7.99. The van der Waals surface area contributed by atoms with E-state index in [1.165, 1.54) is 6.08 Å². The van der Waals surface area contributed by atoms with E-state index in [0.29, 0.717) is 29.9 Å². The quantitative estimate of drug-likeness (QED) is 0.362. The first kappa shape index (κ1) is 32.7. The molecule has 1 unspecified atom stereocenters. The third kappa shape index (κ3) is 8.60. The van der Waals surface area contributed by atoms with E-state index in [1.54, 1.807) is 33.3 Å². The van der Waals surface area contributed by atoms with Gasteiger partial charge in [0.1, 0.15) is 12.2 Å². The predicted octanol–water partition coefficient (Wildman–Crippen LogP) is 4.83. The van der Waals surface area contributed by atoms with Crippen LogP contribution in [0.1, 0.15) is 66.7 Å². The van der Waals surface area contributed by atoms with Crippen molar-refractivity contribution in [2.75, 3.05) is 33.9 Å². The van der Waals surface area contributed by atoms with Gasteiger partial charge in [-0.25, -0.2) is 0 Å². The van der Waals surface area contributed by atoms with Crippen LogP contribution in [0.5, 0.6) is 0 Å². The molecular formula is C33H48N2O6. The van der Waals surface area contributed by atoms with E-state index < -0.39 is 5.91 Å². The Balaban J connectivity index is 2.01. The first-order valence-corrected chi connectivity index (χ1v) is 14.9. The fourth-order valence-corrected chi connectivity index (χ4v) is 5.69. The van der Waals surface area contributed by atoms with Gasteiger partial charge in [-0.3, -0.25) is 14.4 Å². The lowest BCUT2D eigenvalue weighted by Crippen LogP contribution is -2.43. The summed E-state index contributed by atoms with van der Waals surface area (Å²) in [5.74, 6) is -0.647. The number of ketones is 2. The van der Waals surface area contributed by atoms with Gasteiger partial charge in [0, 0.05) is 51.1 Å². The Morgan fingerprint density at radius 1 is 1.05 bits per heavy atom. The molecule has 226 valence electrons. The Morgan fingerprint density at radius 2 is 1.78 bits per heavy atom. The lowest BCUT2D eigenvalue weighted by Gasteiger charge is -2.37. The first-order chi connectivity index (χ1) is 19.6. The largest absolute Gasteiger partial charge is 0.381 e. The highest BCUT2D eigenvalue weighted by atomic mass is 16.5. The average Bonchev–Trinajstić information content (AvgIpc) is 2.90. The topological polar surface area (TPSA) is 94.2 Å². The van der Waals surface area contributed by atoms with Gasteiger partial charge in [0.15, 0.2) is 0 Å². The molecule has 1 amide bonds. The number of rotatable bonds is 6. The summed E-state index contributed by atoms with van der Waals surface area (Å²) >= 11 is 0. The van der Waals surface area contributed by atoms with Gasteiger partial charge < -0.3 is 24.4 Å². The summed E-state index contributed by atoms with van der Waals surface area (Å²) in [7, 11) is 3.37. The molecule has 1 N–H and O–H groups in total. The van der Waals surface area contributed by atoms with Gasteiger partial charge in [0.05, 0.1) is 17.5 Å². The average molecular weight is 569 g/mol. The zero-order chi connectivity index (χ0) is 30.1. The number of likely N-dealkylation sites (tertiary alicyclic amines) is 1. The fourth-order valence-electron chi connectivity index (χ4n) is 5.69. The van der Waals surface area contributed by atoms with Crippen molar-refractivity contribution in [3.63, 3.8) is 0 Å². The summed E-state index contributed by atoms with van der Waals surface area (Å²) in [6.45, 7) is 12.2. The summed E-state index contributed by atoms with van der Waals surface area (Å²) in [5, 5.41) is 2.70. The maximum atomic E-state index is 13.7. The Hall–Kier alpha value is -2.81. The number of methoxy groups -OCH3 is 2. The molecule has 2 heterocycles. The van der Waals surface area contributed by atoms with Crippen LogP contribution in [-0.2, 0) is 28.6 Å².